The molecule has 0 saturated carbocycles. The zero-order chi connectivity index (χ0) is 45.6. The van der Waals surface area contributed by atoms with Crippen LogP contribution in [0.15, 0.2) is 135 Å². The van der Waals surface area contributed by atoms with E-state index >= 15 is 0 Å². The van der Waals surface area contributed by atoms with E-state index in [4.69, 9.17) is 29.4 Å². The molecule has 0 spiro atoms. The van der Waals surface area contributed by atoms with Crippen molar-refractivity contribution in [2.45, 2.75) is 52.4 Å². The minimum atomic E-state index is -0.0806. The van der Waals surface area contributed by atoms with Gasteiger partial charge in [-0.25, -0.2) is 34.9 Å². The van der Waals surface area contributed by atoms with Gasteiger partial charge >= 0.3 is 42.1 Å². The molecule has 6 aromatic heterocycles. The van der Waals surface area contributed by atoms with E-state index in [1.807, 2.05) is 111 Å². The standard InChI is InChI=1S/C55H40N10O2.2Pt/c1-54(2,3)33-27-57-51(58-28-33)63-45-13-9-7-11-39(45)41-19-15-35(23-47(41)63)66-37-17-21-43-44-22-18-38(26-50(44)65(49(43)25-37)53-61-31-56-32-62-53)67-36-16-20-42-40-12-8-10-14-46(40)64(48(42)24-36)52-59-29-34(30-60-52)55(4,5)6;;/h7-22,27-32H,1-6H3;;/q-4;2*+2. The largest absolute Gasteiger partial charge is 2.00 e. The molecule has 12 rings (SSSR count). The Morgan fingerprint density at radius 2 is 0.696 bits per heavy atom. The summed E-state index contributed by atoms with van der Waals surface area (Å²) in [7, 11) is 0. The van der Waals surface area contributed by atoms with E-state index in [2.05, 4.69) is 105 Å². The van der Waals surface area contributed by atoms with Crippen molar-refractivity contribution in [2.24, 2.45) is 0 Å². The summed E-state index contributed by atoms with van der Waals surface area (Å²) < 4.78 is 19.1. The molecule has 0 saturated heterocycles. The summed E-state index contributed by atoms with van der Waals surface area (Å²) in [6, 6.07) is 46.3. The summed E-state index contributed by atoms with van der Waals surface area (Å²) in [5.74, 6) is 3.46. The molecule has 6 aromatic carbocycles. The predicted molar refractivity (Wildman–Crippen MR) is 260 cm³/mol. The van der Waals surface area contributed by atoms with E-state index in [0.29, 0.717) is 51.9 Å². The van der Waals surface area contributed by atoms with Gasteiger partial charge in [0, 0.05) is 58.8 Å². The Labute approximate surface area is 426 Å². The molecule has 69 heavy (non-hydrogen) atoms. The molecule has 0 bridgehead atoms. The van der Waals surface area contributed by atoms with Crippen LogP contribution in [0.5, 0.6) is 23.0 Å². The third kappa shape index (κ3) is 7.95. The van der Waals surface area contributed by atoms with Crippen molar-refractivity contribution in [2.75, 3.05) is 0 Å². The van der Waals surface area contributed by atoms with Gasteiger partial charge in [0.1, 0.15) is 12.7 Å². The topological polar surface area (TPSA) is 123 Å². The third-order valence-electron chi connectivity index (χ3n) is 12.2. The van der Waals surface area contributed by atoms with Crippen LogP contribution in [0.25, 0.3) is 83.3 Å². The number of aromatic nitrogens is 10. The Bertz CT molecular complexity index is 3660. The Hall–Kier alpha value is -7.13. The van der Waals surface area contributed by atoms with Crippen LogP contribution < -0.4 is 9.47 Å². The van der Waals surface area contributed by atoms with Gasteiger partial charge in [0.25, 0.3) is 0 Å². The molecule has 0 fully saturated rings. The normalized spacial score (nSPS) is 12.0. The van der Waals surface area contributed by atoms with Crippen LogP contribution in [0.2, 0.25) is 0 Å². The number of ether oxygens (including phenoxy) is 2. The fourth-order valence-corrected chi connectivity index (χ4v) is 8.66. The molecule has 0 aliphatic carbocycles. The zero-order valence-electron chi connectivity index (χ0n) is 38.1. The zero-order valence-corrected chi connectivity index (χ0v) is 42.7. The monoisotopic (exact) mass is 1260 g/mol. The number of benzene rings is 6. The molecule has 0 atom stereocenters. The molecule has 342 valence electrons. The second-order valence-electron chi connectivity index (χ2n) is 18.6. The molecule has 0 N–H and O–H groups in total. The van der Waals surface area contributed by atoms with Crippen molar-refractivity contribution in [3.05, 3.63) is 170 Å². The fourth-order valence-electron chi connectivity index (χ4n) is 8.66. The van der Waals surface area contributed by atoms with Crippen molar-refractivity contribution in [1.82, 2.24) is 48.6 Å². The quantitative estimate of drug-likeness (QED) is 0.144. The Balaban J connectivity index is 0.00000277. The van der Waals surface area contributed by atoms with Gasteiger partial charge in [0.2, 0.25) is 17.8 Å². The maximum atomic E-state index is 6.57. The first-order valence-electron chi connectivity index (χ1n) is 21.9. The predicted octanol–water partition coefficient (Wildman–Crippen LogP) is 12.1. The number of nitrogens with zero attached hydrogens (tertiary/aromatic N) is 10. The van der Waals surface area contributed by atoms with E-state index in [-0.39, 0.29) is 53.0 Å². The second kappa shape index (κ2) is 17.4. The van der Waals surface area contributed by atoms with Crippen molar-refractivity contribution in [3.8, 4) is 40.8 Å². The SMILES string of the molecule is CC(C)(C)c1cnc(-n2c3[c-]c(Oc4[c-]c5c(cc4)c4ccc(Oc6[c-]c7c(cc6)c6ccccc6n7-c6ncc(C(C)(C)C)cn6)[c-]c4n5-c4ncncn4)ccc3c3ccccc32)nc1.[Pt+2].[Pt+2]. The van der Waals surface area contributed by atoms with E-state index in [1.54, 1.807) is 0 Å². The van der Waals surface area contributed by atoms with Gasteiger partial charge in [-0.1, -0.05) is 100 Å². The summed E-state index contributed by atoms with van der Waals surface area (Å²) in [5, 5.41) is 5.95. The Kier molecular flexibility index (Phi) is 11.5. The molecule has 0 unspecified atom stereocenters. The van der Waals surface area contributed by atoms with Gasteiger partial charge in [-0.2, -0.15) is 35.0 Å². The maximum Gasteiger partial charge on any atom is 2.00 e. The number of hydrogen-bond donors (Lipinski definition) is 0. The van der Waals surface area contributed by atoms with E-state index in [0.717, 1.165) is 65.5 Å². The molecule has 12 aromatic rings. The van der Waals surface area contributed by atoms with Crippen LogP contribution in [0.3, 0.4) is 0 Å². The van der Waals surface area contributed by atoms with Crippen molar-refractivity contribution in [1.29, 1.82) is 0 Å². The van der Waals surface area contributed by atoms with Crippen LogP contribution in [0, 0.1) is 24.3 Å². The van der Waals surface area contributed by atoms with E-state index in [1.165, 1.54) is 12.7 Å². The first-order chi connectivity index (χ1) is 32.5. The summed E-state index contributed by atoms with van der Waals surface area (Å²) in [5.41, 5.74) is 6.86. The van der Waals surface area contributed by atoms with Gasteiger partial charge in [-0.3, -0.25) is 0 Å². The average Bonchev–Trinajstić information content (AvgIpc) is 3.96. The van der Waals surface area contributed by atoms with Crippen molar-refractivity contribution < 1.29 is 51.6 Å². The average molecular weight is 1260 g/mol. The molecular formula is C55H40N10O2Pt2. The molecule has 0 radical (unpaired) electrons. The second-order valence-corrected chi connectivity index (χ2v) is 18.6. The van der Waals surface area contributed by atoms with Gasteiger partial charge < -0.3 is 23.2 Å². The summed E-state index contributed by atoms with van der Waals surface area (Å²) in [6.07, 6.45) is 10.5. The molecule has 12 nitrogen and oxygen atoms in total. The van der Waals surface area contributed by atoms with Gasteiger partial charge in [0.05, 0.1) is 0 Å². The van der Waals surface area contributed by atoms with E-state index < -0.39 is 0 Å². The van der Waals surface area contributed by atoms with Crippen LogP contribution in [0.1, 0.15) is 52.7 Å². The molecule has 0 amide bonds. The number of hydrogen-bond acceptors (Lipinski definition) is 9. The molecule has 6 heterocycles. The van der Waals surface area contributed by atoms with Crippen LogP contribution in [-0.2, 0) is 53.0 Å². The number of fused-ring (bicyclic) bond motifs is 9. The number of rotatable bonds is 7. The molecule has 14 heteroatoms. The minimum Gasteiger partial charge on any atom is -0.509 e. The van der Waals surface area contributed by atoms with E-state index in [9.17, 15) is 0 Å². The van der Waals surface area contributed by atoms with Crippen LogP contribution in [0.4, 0.5) is 0 Å². The molecular weight excluding hydrogens is 1220 g/mol. The minimum absolute atomic E-state index is 0. The molecule has 0 aliphatic heterocycles. The smallest absolute Gasteiger partial charge is 0.509 e. The summed E-state index contributed by atoms with van der Waals surface area (Å²) in [4.78, 5) is 32.5. The first-order valence-corrected chi connectivity index (χ1v) is 21.9. The maximum absolute atomic E-state index is 6.57. The van der Waals surface area contributed by atoms with Gasteiger partial charge in [-0.15, -0.1) is 59.3 Å². The van der Waals surface area contributed by atoms with Gasteiger partial charge in [0.15, 0.2) is 0 Å². The van der Waals surface area contributed by atoms with Crippen LogP contribution >= 0.6 is 0 Å². The van der Waals surface area contributed by atoms with Gasteiger partial charge in [-0.05, 0) is 44.9 Å². The third-order valence-corrected chi connectivity index (χ3v) is 12.2. The first kappa shape index (κ1) is 45.6. The Morgan fingerprint density at radius 3 is 1.06 bits per heavy atom. The molecule has 0 aliphatic rings. The fraction of sp³-hybridized carbons (Fsp3) is 0.145. The summed E-state index contributed by atoms with van der Waals surface area (Å²) >= 11 is 0. The summed E-state index contributed by atoms with van der Waals surface area (Å²) in [6.45, 7) is 12.9. The van der Waals surface area contributed by atoms with Crippen LogP contribution in [-0.4, -0.2) is 48.6 Å². The van der Waals surface area contributed by atoms with Crippen molar-refractivity contribution in [3.63, 3.8) is 0 Å². The number of para-hydroxylation sites is 2. The van der Waals surface area contributed by atoms with Crippen molar-refractivity contribution >= 4 is 65.4 Å². The Morgan fingerprint density at radius 1 is 0.377 bits per heavy atom.